The number of hydrogen-bond donors (Lipinski definition) is 2. The van der Waals surface area contributed by atoms with E-state index in [0.717, 1.165) is 0 Å². The first-order valence-corrected chi connectivity index (χ1v) is 6.06. The average Bonchev–Trinajstić information content (AvgIpc) is 2.30. The molecule has 1 atom stereocenters. The minimum atomic E-state index is -4.48. The second-order valence-electron chi connectivity index (χ2n) is 4.53. The van der Waals surface area contributed by atoms with Crippen molar-refractivity contribution >= 4 is 17.8 Å². The number of piperidine rings is 1. The normalized spacial score (nSPS) is 19.9. The lowest BCUT2D eigenvalue weighted by Crippen LogP contribution is -2.54. The van der Waals surface area contributed by atoms with Crippen LogP contribution in [0.25, 0.3) is 0 Å². The Kier molecular flexibility index (Phi) is 5.34. The number of rotatable bonds is 5. The van der Waals surface area contributed by atoms with Gasteiger partial charge in [-0.25, -0.2) is 0 Å². The lowest BCUT2D eigenvalue weighted by Gasteiger charge is -2.33. The Morgan fingerprint density at radius 3 is 2.55 bits per heavy atom. The summed E-state index contributed by atoms with van der Waals surface area (Å²) in [5.74, 6) is -2.59. The Morgan fingerprint density at radius 2 is 2.00 bits per heavy atom. The topological polar surface area (TPSA) is 86.7 Å². The van der Waals surface area contributed by atoms with E-state index in [1.54, 1.807) is 0 Å². The van der Waals surface area contributed by atoms with Crippen molar-refractivity contribution < 1.29 is 32.7 Å². The standard InChI is InChI=1S/C11H15F3N2O4/c12-11(13,14)6-16-5-1-2-7(10(16)20)15-8(17)3-4-9(18)19/h7H,1-6H2,(H,15,17)(H,18,19). The summed E-state index contributed by atoms with van der Waals surface area (Å²) in [6, 6.07) is -1.01. The predicted octanol–water partition coefficient (Wildman–Crippen LogP) is 0.521. The quantitative estimate of drug-likeness (QED) is 0.774. The summed E-state index contributed by atoms with van der Waals surface area (Å²) < 4.78 is 36.8. The molecule has 0 aromatic carbocycles. The molecular formula is C11H15F3N2O4. The van der Waals surface area contributed by atoms with Crippen LogP contribution in [-0.4, -0.2) is 53.1 Å². The Hall–Kier alpha value is -1.80. The molecule has 0 radical (unpaired) electrons. The molecule has 2 N–H and O–H groups in total. The highest BCUT2D eigenvalue weighted by molar-refractivity contribution is 5.89. The van der Waals surface area contributed by atoms with Gasteiger partial charge in [-0.15, -0.1) is 0 Å². The van der Waals surface area contributed by atoms with Crippen LogP contribution in [0.3, 0.4) is 0 Å². The van der Waals surface area contributed by atoms with Gasteiger partial charge in [0.15, 0.2) is 0 Å². The molecule has 0 bridgehead atoms. The highest BCUT2D eigenvalue weighted by atomic mass is 19.4. The molecule has 0 aromatic rings. The first kappa shape index (κ1) is 16.3. The number of amides is 2. The van der Waals surface area contributed by atoms with E-state index >= 15 is 0 Å². The number of hydrogen-bond acceptors (Lipinski definition) is 3. The van der Waals surface area contributed by atoms with Gasteiger partial charge in [0.25, 0.3) is 0 Å². The fourth-order valence-electron chi connectivity index (χ4n) is 1.93. The zero-order chi connectivity index (χ0) is 15.3. The largest absolute Gasteiger partial charge is 0.481 e. The zero-order valence-electron chi connectivity index (χ0n) is 10.6. The molecule has 1 saturated heterocycles. The van der Waals surface area contributed by atoms with Crippen LogP contribution in [-0.2, 0) is 14.4 Å². The lowest BCUT2D eigenvalue weighted by molar-refractivity contribution is -0.165. The number of nitrogens with zero attached hydrogens (tertiary/aromatic N) is 1. The number of nitrogens with one attached hydrogen (secondary N) is 1. The molecule has 9 heteroatoms. The van der Waals surface area contributed by atoms with E-state index in [2.05, 4.69) is 5.32 Å². The fraction of sp³-hybridized carbons (Fsp3) is 0.727. The van der Waals surface area contributed by atoms with E-state index in [4.69, 9.17) is 5.11 Å². The van der Waals surface area contributed by atoms with Gasteiger partial charge in [-0.05, 0) is 12.8 Å². The van der Waals surface area contributed by atoms with Gasteiger partial charge in [0, 0.05) is 13.0 Å². The molecule has 1 aliphatic heterocycles. The van der Waals surface area contributed by atoms with Gasteiger partial charge in [0.05, 0.1) is 6.42 Å². The summed E-state index contributed by atoms with van der Waals surface area (Å²) in [4.78, 5) is 34.1. The van der Waals surface area contributed by atoms with Gasteiger partial charge >= 0.3 is 12.1 Å². The summed E-state index contributed by atoms with van der Waals surface area (Å²) in [5.41, 5.74) is 0. The van der Waals surface area contributed by atoms with E-state index in [-0.39, 0.29) is 25.8 Å². The van der Waals surface area contributed by atoms with Crippen molar-refractivity contribution in [1.29, 1.82) is 0 Å². The van der Waals surface area contributed by atoms with E-state index in [1.165, 1.54) is 0 Å². The van der Waals surface area contributed by atoms with E-state index < -0.39 is 36.5 Å². The zero-order valence-corrected chi connectivity index (χ0v) is 10.6. The van der Waals surface area contributed by atoms with Gasteiger partial charge < -0.3 is 15.3 Å². The number of carboxylic acids is 1. The molecule has 0 aliphatic carbocycles. The number of carbonyl (C=O) groups is 3. The van der Waals surface area contributed by atoms with Gasteiger partial charge in [-0.2, -0.15) is 13.2 Å². The minimum Gasteiger partial charge on any atom is -0.481 e. The van der Waals surface area contributed by atoms with Gasteiger partial charge in [0.1, 0.15) is 12.6 Å². The summed E-state index contributed by atoms with van der Waals surface area (Å²) >= 11 is 0. The molecule has 1 unspecified atom stereocenters. The van der Waals surface area contributed by atoms with E-state index in [0.29, 0.717) is 11.3 Å². The average molecular weight is 296 g/mol. The molecule has 0 spiro atoms. The fourth-order valence-corrected chi connectivity index (χ4v) is 1.93. The van der Waals surface area contributed by atoms with Gasteiger partial charge in [0.2, 0.25) is 11.8 Å². The van der Waals surface area contributed by atoms with Gasteiger partial charge in [-0.1, -0.05) is 0 Å². The van der Waals surface area contributed by atoms with Crippen molar-refractivity contribution in [3.8, 4) is 0 Å². The second kappa shape index (κ2) is 6.58. The van der Waals surface area contributed by atoms with Gasteiger partial charge in [-0.3, -0.25) is 14.4 Å². The monoisotopic (exact) mass is 296 g/mol. The van der Waals surface area contributed by atoms with Crippen LogP contribution in [0.4, 0.5) is 13.2 Å². The van der Waals surface area contributed by atoms with Crippen molar-refractivity contribution in [3.05, 3.63) is 0 Å². The van der Waals surface area contributed by atoms with Crippen molar-refractivity contribution in [2.45, 2.75) is 37.9 Å². The number of carbonyl (C=O) groups excluding carboxylic acids is 2. The summed E-state index contributed by atoms with van der Waals surface area (Å²) in [6.45, 7) is -1.34. The molecule has 6 nitrogen and oxygen atoms in total. The first-order valence-electron chi connectivity index (χ1n) is 6.06. The van der Waals surface area contributed by atoms with Crippen molar-refractivity contribution in [2.24, 2.45) is 0 Å². The Labute approximate surface area is 112 Å². The molecule has 0 aromatic heterocycles. The molecule has 20 heavy (non-hydrogen) atoms. The molecule has 1 heterocycles. The maximum Gasteiger partial charge on any atom is 0.406 e. The summed E-state index contributed by atoms with van der Waals surface area (Å²) in [6.07, 6.45) is -4.57. The summed E-state index contributed by atoms with van der Waals surface area (Å²) in [5, 5.41) is 10.7. The third-order valence-electron chi connectivity index (χ3n) is 2.80. The predicted molar refractivity (Wildman–Crippen MR) is 60.7 cm³/mol. The number of alkyl halides is 3. The van der Waals surface area contributed by atoms with E-state index in [1.807, 2.05) is 0 Å². The SMILES string of the molecule is O=C(O)CCC(=O)NC1CCCN(CC(F)(F)F)C1=O. The molecular weight excluding hydrogens is 281 g/mol. The molecule has 2 amide bonds. The third kappa shape index (κ3) is 5.45. The third-order valence-corrected chi connectivity index (χ3v) is 2.80. The number of aliphatic carboxylic acids is 1. The maximum atomic E-state index is 12.3. The Bertz CT molecular complexity index is 398. The highest BCUT2D eigenvalue weighted by Crippen LogP contribution is 2.20. The second-order valence-corrected chi connectivity index (χ2v) is 4.53. The Morgan fingerprint density at radius 1 is 1.35 bits per heavy atom. The van der Waals surface area contributed by atoms with Crippen LogP contribution in [0.15, 0.2) is 0 Å². The van der Waals surface area contributed by atoms with Crippen LogP contribution < -0.4 is 5.32 Å². The first-order chi connectivity index (χ1) is 9.19. The molecule has 1 aliphatic rings. The molecule has 1 fully saturated rings. The number of carboxylic acid groups (broad SMARTS) is 1. The maximum absolute atomic E-state index is 12.3. The van der Waals surface area contributed by atoms with Crippen LogP contribution >= 0.6 is 0 Å². The minimum absolute atomic E-state index is 0.000159. The summed E-state index contributed by atoms with van der Waals surface area (Å²) in [7, 11) is 0. The number of likely N-dealkylation sites (tertiary alicyclic amines) is 1. The van der Waals surface area contributed by atoms with Crippen LogP contribution in [0.1, 0.15) is 25.7 Å². The smallest absolute Gasteiger partial charge is 0.406 e. The molecule has 0 saturated carbocycles. The number of halogens is 3. The molecule has 114 valence electrons. The van der Waals surface area contributed by atoms with Crippen LogP contribution in [0, 0.1) is 0 Å². The van der Waals surface area contributed by atoms with Crippen molar-refractivity contribution in [2.75, 3.05) is 13.1 Å². The molecule has 1 rings (SSSR count). The lowest BCUT2D eigenvalue weighted by atomic mass is 10.0. The van der Waals surface area contributed by atoms with Crippen LogP contribution in [0.2, 0.25) is 0 Å². The van der Waals surface area contributed by atoms with E-state index in [9.17, 15) is 27.6 Å². The highest BCUT2D eigenvalue weighted by Gasteiger charge is 2.37. The Balaban J connectivity index is 2.52. The van der Waals surface area contributed by atoms with Crippen molar-refractivity contribution in [3.63, 3.8) is 0 Å². The van der Waals surface area contributed by atoms with Crippen LogP contribution in [0.5, 0.6) is 0 Å². The van der Waals surface area contributed by atoms with Crippen molar-refractivity contribution in [1.82, 2.24) is 10.2 Å².